The Labute approximate surface area is 313 Å². The van der Waals surface area contributed by atoms with E-state index >= 15 is 0 Å². The number of ether oxygens (including phenoxy) is 7. The second-order valence-electron chi connectivity index (χ2n) is 12.4. The molecule has 0 unspecified atom stereocenters. The van der Waals surface area contributed by atoms with E-state index in [1.807, 2.05) is 35.7 Å². The van der Waals surface area contributed by atoms with Crippen molar-refractivity contribution in [3.05, 3.63) is 93.7 Å². The lowest BCUT2D eigenvalue weighted by atomic mass is 9.92. The lowest BCUT2D eigenvalue weighted by molar-refractivity contribution is -0.162. The Balaban J connectivity index is 1.45. The molecule has 0 saturated carbocycles. The summed E-state index contributed by atoms with van der Waals surface area (Å²) in [6.45, 7) is -0.143. The summed E-state index contributed by atoms with van der Waals surface area (Å²) in [5, 5.41) is 11.1. The Morgan fingerprint density at radius 2 is 1.55 bits per heavy atom. The number of likely N-dealkylation sites (tertiary alicyclic amines) is 1. The van der Waals surface area contributed by atoms with Crippen LogP contribution in [0.4, 0.5) is 0 Å². The van der Waals surface area contributed by atoms with Crippen molar-refractivity contribution in [1.29, 1.82) is 0 Å². The number of piperidine rings is 1. The molecule has 0 bridgehead atoms. The molecule has 5 rings (SSSR count). The molecule has 53 heavy (non-hydrogen) atoms. The van der Waals surface area contributed by atoms with Crippen LogP contribution < -0.4 is 28.4 Å². The van der Waals surface area contributed by atoms with Gasteiger partial charge >= 0.3 is 11.9 Å². The Morgan fingerprint density at radius 3 is 2.19 bits per heavy atom. The van der Waals surface area contributed by atoms with Gasteiger partial charge in [0.05, 0.1) is 41.5 Å². The Kier molecular flexibility index (Phi) is 13.4. The molecule has 0 aliphatic carbocycles. The molecule has 1 N–H and O–H groups in total. The van der Waals surface area contributed by atoms with Crippen LogP contribution in [0.3, 0.4) is 0 Å². The number of carbonyl (C=O) groups is 3. The number of amides is 1. The topological polar surface area (TPSA) is 139 Å². The Bertz CT molecular complexity index is 1840. The first-order valence-electron chi connectivity index (χ1n) is 17.2. The predicted molar refractivity (Wildman–Crippen MR) is 198 cm³/mol. The summed E-state index contributed by atoms with van der Waals surface area (Å²) in [4.78, 5) is 42.7. The van der Waals surface area contributed by atoms with E-state index in [-0.39, 0.29) is 5.91 Å². The minimum Gasteiger partial charge on any atom is -0.493 e. The van der Waals surface area contributed by atoms with Gasteiger partial charge in [0, 0.05) is 11.4 Å². The third kappa shape index (κ3) is 9.33. The van der Waals surface area contributed by atoms with Gasteiger partial charge in [0.25, 0.3) is 0 Å². The lowest BCUT2D eigenvalue weighted by Crippen LogP contribution is -2.50. The van der Waals surface area contributed by atoms with Crippen molar-refractivity contribution in [2.75, 3.05) is 48.7 Å². The van der Waals surface area contributed by atoms with Crippen molar-refractivity contribution < 1.29 is 52.6 Å². The van der Waals surface area contributed by atoms with Gasteiger partial charge in [-0.15, -0.1) is 11.3 Å². The summed E-state index contributed by atoms with van der Waals surface area (Å²) in [7, 11) is 7.70. The molecule has 3 atom stereocenters. The molecule has 1 fully saturated rings. The van der Waals surface area contributed by atoms with Crippen molar-refractivity contribution in [3.8, 4) is 34.5 Å². The summed E-state index contributed by atoms with van der Waals surface area (Å²) in [6.07, 6.45) is 2.05. The van der Waals surface area contributed by atoms with Gasteiger partial charge in [0.15, 0.2) is 29.6 Å². The standard InChI is InChI=1S/C40H45NO11S/c1-46-31-17-15-25(20-32(31)47-2)14-16-30(26-10-8-11-28(21-26)51-24-36(42)43)52-40(45)29-12-6-7-18-41(29)39(44)37(35-13-9-19-53-35)27-22-33(48-3)38(50-5)34(23-27)49-4/h8-11,13,15,17,19-23,29-30,37H,6-7,12,14,16,18,24H2,1-5H3,(H,42,43)/t29-,30+,37+/m0/s1. The molecule has 282 valence electrons. The summed E-state index contributed by atoms with van der Waals surface area (Å²) in [5.74, 6) is 0.111. The van der Waals surface area contributed by atoms with Gasteiger partial charge in [-0.2, -0.15) is 0 Å². The van der Waals surface area contributed by atoms with E-state index in [1.165, 1.54) is 32.7 Å². The van der Waals surface area contributed by atoms with E-state index < -0.39 is 36.6 Å². The molecule has 0 radical (unpaired) electrons. The first-order chi connectivity index (χ1) is 25.7. The van der Waals surface area contributed by atoms with Gasteiger partial charge in [-0.05, 0) is 96.6 Å². The van der Waals surface area contributed by atoms with E-state index in [0.29, 0.717) is 71.4 Å². The molecule has 1 aliphatic rings. The Hall–Kier alpha value is -5.43. The summed E-state index contributed by atoms with van der Waals surface area (Å²) in [6, 6.07) is 19.0. The number of esters is 1. The first-order valence-corrected chi connectivity index (χ1v) is 18.1. The number of hydrogen-bond acceptors (Lipinski definition) is 11. The van der Waals surface area contributed by atoms with Crippen molar-refractivity contribution in [1.82, 2.24) is 4.90 Å². The molecule has 2 heterocycles. The van der Waals surface area contributed by atoms with E-state index in [1.54, 1.807) is 55.5 Å². The second-order valence-corrected chi connectivity index (χ2v) is 13.3. The van der Waals surface area contributed by atoms with Crippen LogP contribution in [0.5, 0.6) is 34.5 Å². The molecule has 12 nitrogen and oxygen atoms in total. The van der Waals surface area contributed by atoms with E-state index in [9.17, 15) is 14.4 Å². The average molecular weight is 748 g/mol. The highest BCUT2D eigenvalue weighted by atomic mass is 32.1. The number of methoxy groups -OCH3 is 5. The number of hydrogen-bond donors (Lipinski definition) is 1. The molecule has 0 spiro atoms. The highest BCUT2D eigenvalue weighted by Crippen LogP contribution is 2.43. The van der Waals surface area contributed by atoms with E-state index in [0.717, 1.165) is 23.3 Å². The van der Waals surface area contributed by atoms with E-state index in [4.69, 9.17) is 38.3 Å². The summed E-state index contributed by atoms with van der Waals surface area (Å²) in [5.41, 5.74) is 2.19. The third-order valence-electron chi connectivity index (χ3n) is 9.15. The highest BCUT2D eigenvalue weighted by molar-refractivity contribution is 7.10. The van der Waals surface area contributed by atoms with Gasteiger partial charge in [0.1, 0.15) is 17.9 Å². The quantitative estimate of drug-likeness (QED) is 0.116. The van der Waals surface area contributed by atoms with Crippen LogP contribution in [0.15, 0.2) is 72.1 Å². The number of carboxylic acids is 1. The van der Waals surface area contributed by atoms with Crippen LogP contribution in [0, 0.1) is 0 Å². The van der Waals surface area contributed by atoms with Gasteiger partial charge in [-0.1, -0.05) is 24.3 Å². The third-order valence-corrected chi connectivity index (χ3v) is 10.1. The monoisotopic (exact) mass is 747 g/mol. The smallest absolute Gasteiger partial charge is 0.341 e. The molecule has 1 aromatic heterocycles. The molecule has 1 saturated heterocycles. The number of aliphatic carboxylic acids is 1. The molecule has 1 aliphatic heterocycles. The van der Waals surface area contributed by atoms with Crippen LogP contribution >= 0.6 is 11.3 Å². The number of benzene rings is 3. The van der Waals surface area contributed by atoms with Crippen molar-refractivity contribution in [2.24, 2.45) is 0 Å². The number of aryl methyl sites for hydroxylation is 1. The molecular formula is C40H45NO11S. The number of thiophene rings is 1. The maximum absolute atomic E-state index is 14.7. The van der Waals surface area contributed by atoms with E-state index in [2.05, 4.69) is 0 Å². The summed E-state index contributed by atoms with van der Waals surface area (Å²) < 4.78 is 39.4. The van der Waals surface area contributed by atoms with Crippen LogP contribution in [0.2, 0.25) is 0 Å². The Morgan fingerprint density at radius 1 is 0.811 bits per heavy atom. The molecule has 3 aromatic carbocycles. The zero-order valence-corrected chi connectivity index (χ0v) is 31.3. The first kappa shape index (κ1) is 38.8. The number of nitrogens with zero attached hydrogens (tertiary/aromatic N) is 1. The number of rotatable bonds is 17. The number of carbonyl (C=O) groups excluding carboxylic acids is 2. The zero-order valence-electron chi connectivity index (χ0n) is 30.5. The fourth-order valence-corrected chi connectivity index (χ4v) is 7.40. The minimum absolute atomic E-state index is 0.241. The van der Waals surface area contributed by atoms with Crippen molar-refractivity contribution >= 4 is 29.2 Å². The zero-order chi connectivity index (χ0) is 37.9. The number of carboxylic acid groups (broad SMARTS) is 1. The predicted octanol–water partition coefficient (Wildman–Crippen LogP) is 6.68. The molecular weight excluding hydrogens is 703 g/mol. The molecule has 13 heteroatoms. The van der Waals surface area contributed by atoms with Crippen molar-refractivity contribution in [3.63, 3.8) is 0 Å². The highest BCUT2D eigenvalue weighted by Gasteiger charge is 2.39. The molecule has 1 amide bonds. The fourth-order valence-electron chi connectivity index (χ4n) is 6.55. The average Bonchev–Trinajstić information content (AvgIpc) is 3.72. The largest absolute Gasteiger partial charge is 0.493 e. The minimum atomic E-state index is -1.11. The molecule has 4 aromatic rings. The van der Waals surface area contributed by atoms with Gasteiger partial charge < -0.3 is 43.2 Å². The maximum Gasteiger partial charge on any atom is 0.341 e. The van der Waals surface area contributed by atoms with Gasteiger partial charge in [-0.3, -0.25) is 4.79 Å². The summed E-state index contributed by atoms with van der Waals surface area (Å²) >= 11 is 1.45. The van der Waals surface area contributed by atoms with Gasteiger partial charge in [-0.25, -0.2) is 9.59 Å². The van der Waals surface area contributed by atoms with Crippen LogP contribution in [-0.4, -0.2) is 82.6 Å². The van der Waals surface area contributed by atoms with Crippen LogP contribution in [-0.2, 0) is 25.5 Å². The second kappa shape index (κ2) is 18.4. The van der Waals surface area contributed by atoms with Crippen molar-refractivity contribution in [2.45, 2.75) is 50.2 Å². The van der Waals surface area contributed by atoms with Gasteiger partial charge in [0.2, 0.25) is 11.7 Å². The van der Waals surface area contributed by atoms with Crippen LogP contribution in [0.25, 0.3) is 0 Å². The SMILES string of the molecule is COc1ccc(CC[C@@H](OC(=O)[C@@H]2CCCCN2C(=O)[C@H](c2cc(OC)c(OC)c(OC)c2)c2cccs2)c2cccc(OCC(=O)O)c2)cc1OC. The fraction of sp³-hybridized carbons (Fsp3) is 0.375. The maximum atomic E-state index is 14.7. The van der Waals surface area contributed by atoms with Crippen LogP contribution in [0.1, 0.15) is 59.3 Å². The normalized spacial score (nSPS) is 15.1. The lowest BCUT2D eigenvalue weighted by Gasteiger charge is -2.37.